The second kappa shape index (κ2) is 10.1. The van der Waals surface area contributed by atoms with Crippen LogP contribution >= 0.6 is 0 Å². The van der Waals surface area contributed by atoms with E-state index in [0.717, 1.165) is 19.4 Å². The van der Waals surface area contributed by atoms with Crippen molar-refractivity contribution in [1.82, 2.24) is 19.9 Å². The van der Waals surface area contributed by atoms with Gasteiger partial charge in [0.15, 0.2) is 11.6 Å². The van der Waals surface area contributed by atoms with Gasteiger partial charge in [0.2, 0.25) is 17.8 Å². The predicted molar refractivity (Wildman–Crippen MR) is 128 cm³/mol. The number of rotatable bonds is 7. The van der Waals surface area contributed by atoms with Crippen LogP contribution in [0.3, 0.4) is 0 Å². The molecule has 1 atom stereocenters. The third-order valence-electron chi connectivity index (χ3n) is 7.20. The summed E-state index contributed by atoms with van der Waals surface area (Å²) >= 11 is 0. The van der Waals surface area contributed by atoms with Crippen LogP contribution in [0.4, 0.5) is 27.9 Å². The number of anilines is 4. The molecule has 1 aromatic carbocycles. The monoisotopic (exact) mass is 455 g/mol. The Morgan fingerprint density at radius 3 is 2.24 bits per heavy atom. The maximum atomic E-state index is 14.2. The number of hydrogen-bond acceptors (Lipinski definition) is 8. The van der Waals surface area contributed by atoms with Crippen LogP contribution in [0.15, 0.2) is 18.2 Å². The summed E-state index contributed by atoms with van der Waals surface area (Å²) in [5.74, 6) is 1.95. The first kappa shape index (κ1) is 22.1. The van der Waals surface area contributed by atoms with Gasteiger partial charge in [0.1, 0.15) is 0 Å². The highest BCUT2D eigenvalue weighted by atomic mass is 19.1. The molecule has 178 valence electrons. The number of methoxy groups -OCH3 is 1. The molecule has 6 rings (SSSR count). The third kappa shape index (κ3) is 5.46. The van der Waals surface area contributed by atoms with Gasteiger partial charge in [-0.1, -0.05) is 25.7 Å². The first-order valence-electron chi connectivity index (χ1n) is 12.3. The average Bonchev–Trinajstić information content (AvgIpc) is 3.08. The van der Waals surface area contributed by atoms with Gasteiger partial charge in [0.05, 0.1) is 7.11 Å². The van der Waals surface area contributed by atoms with Gasteiger partial charge in [-0.25, -0.2) is 4.39 Å². The zero-order chi connectivity index (χ0) is 22.6. The topological polar surface area (TPSA) is 87.2 Å². The quantitative estimate of drug-likeness (QED) is 0.530. The third-order valence-corrected chi connectivity index (χ3v) is 7.20. The molecular weight excluding hydrogens is 421 g/mol. The average molecular weight is 456 g/mol. The Balaban J connectivity index is 1.37. The van der Waals surface area contributed by atoms with Crippen molar-refractivity contribution in [3.8, 4) is 5.75 Å². The first-order chi connectivity index (χ1) is 16.2. The van der Waals surface area contributed by atoms with Gasteiger partial charge in [0.25, 0.3) is 0 Å². The first-order valence-corrected chi connectivity index (χ1v) is 12.3. The van der Waals surface area contributed by atoms with Crippen LogP contribution < -0.4 is 20.7 Å². The maximum absolute atomic E-state index is 14.2. The van der Waals surface area contributed by atoms with Crippen molar-refractivity contribution in [3.05, 3.63) is 24.0 Å². The van der Waals surface area contributed by atoms with E-state index < -0.39 is 5.82 Å². The minimum absolute atomic E-state index is 0.205. The van der Waals surface area contributed by atoms with E-state index in [-0.39, 0.29) is 5.75 Å². The lowest BCUT2D eigenvalue weighted by Gasteiger charge is -2.44. The van der Waals surface area contributed by atoms with Gasteiger partial charge in [0, 0.05) is 30.4 Å². The lowest BCUT2D eigenvalue weighted by atomic mass is 9.84. The van der Waals surface area contributed by atoms with Gasteiger partial charge < -0.3 is 25.6 Å². The molecule has 4 heterocycles. The number of nitrogens with zero attached hydrogens (tertiary/aromatic N) is 4. The zero-order valence-corrected chi connectivity index (χ0v) is 19.3. The van der Waals surface area contributed by atoms with E-state index in [4.69, 9.17) is 9.72 Å². The minimum Gasteiger partial charge on any atom is -0.494 e. The van der Waals surface area contributed by atoms with Crippen LogP contribution in [0.25, 0.3) is 0 Å². The van der Waals surface area contributed by atoms with Crippen molar-refractivity contribution in [2.45, 2.75) is 63.5 Å². The highest BCUT2D eigenvalue weighted by Crippen LogP contribution is 2.30. The van der Waals surface area contributed by atoms with E-state index in [1.807, 2.05) is 0 Å². The Hall–Kier alpha value is -2.68. The minimum atomic E-state index is -0.431. The number of hydrogen-bond donors (Lipinski definition) is 3. The molecule has 0 spiro atoms. The smallest absolute Gasteiger partial charge is 0.233 e. The molecule has 3 N–H and O–H groups in total. The van der Waals surface area contributed by atoms with E-state index in [1.54, 1.807) is 12.1 Å². The number of benzene rings is 1. The van der Waals surface area contributed by atoms with Gasteiger partial charge in [-0.3, -0.25) is 0 Å². The van der Waals surface area contributed by atoms with Crippen LogP contribution in [-0.4, -0.2) is 58.7 Å². The summed E-state index contributed by atoms with van der Waals surface area (Å²) in [5, 5.41) is 10.3. The second-order valence-electron chi connectivity index (χ2n) is 9.50. The van der Waals surface area contributed by atoms with E-state index in [2.05, 4.69) is 30.8 Å². The molecule has 1 aliphatic carbocycles. The number of ether oxygens (including phenoxy) is 1. The second-order valence-corrected chi connectivity index (χ2v) is 9.50. The van der Waals surface area contributed by atoms with Crippen molar-refractivity contribution < 1.29 is 9.13 Å². The Kier molecular flexibility index (Phi) is 6.75. The van der Waals surface area contributed by atoms with Crippen LogP contribution in [-0.2, 0) is 0 Å². The van der Waals surface area contributed by atoms with E-state index in [9.17, 15) is 4.39 Å². The SMILES string of the molecule is COc1ccc(Nc2nc(NC3CCCCCC3)nc(NC3CN4CCC3CC4)n2)cc1F. The summed E-state index contributed by atoms with van der Waals surface area (Å²) in [6.45, 7) is 3.39. The number of fused-ring (bicyclic) bond motifs is 3. The van der Waals surface area contributed by atoms with E-state index in [0.29, 0.717) is 41.5 Å². The molecule has 0 radical (unpaired) electrons. The van der Waals surface area contributed by atoms with Gasteiger partial charge in [-0.05, 0) is 56.8 Å². The highest BCUT2D eigenvalue weighted by Gasteiger charge is 2.34. The Morgan fingerprint density at radius 1 is 0.909 bits per heavy atom. The molecule has 4 fully saturated rings. The molecule has 1 saturated carbocycles. The maximum Gasteiger partial charge on any atom is 0.233 e. The normalized spacial score (nSPS) is 25.3. The standard InChI is InChI=1S/C24H34FN7O/c1-33-21-9-8-18(14-19(21)25)27-23-29-22(26-17-6-4-2-3-5-7-17)30-24(31-23)28-20-15-32-12-10-16(20)11-13-32/h8-9,14,16-17,20H,2-7,10-13,15H2,1H3,(H3,26,27,28,29,30,31). The number of halogens is 1. The summed E-state index contributed by atoms with van der Waals surface area (Å²) in [7, 11) is 1.45. The molecule has 1 unspecified atom stereocenters. The van der Waals surface area contributed by atoms with E-state index in [1.165, 1.54) is 64.8 Å². The number of nitrogens with one attached hydrogen (secondary N) is 3. The molecule has 1 aromatic heterocycles. The zero-order valence-electron chi connectivity index (χ0n) is 19.3. The highest BCUT2D eigenvalue weighted by molar-refractivity contribution is 5.57. The molecule has 2 bridgehead atoms. The van der Waals surface area contributed by atoms with Crippen LogP contribution in [0.1, 0.15) is 51.4 Å². The molecule has 3 saturated heterocycles. The fraction of sp³-hybridized carbons (Fsp3) is 0.625. The summed E-state index contributed by atoms with van der Waals surface area (Å²) in [6.07, 6.45) is 9.71. The molecule has 8 nitrogen and oxygen atoms in total. The largest absolute Gasteiger partial charge is 0.494 e. The molecule has 4 aliphatic rings. The van der Waals surface area contributed by atoms with Crippen molar-refractivity contribution in [2.75, 3.05) is 42.7 Å². The molecule has 0 amide bonds. The van der Waals surface area contributed by atoms with E-state index >= 15 is 0 Å². The molecule has 9 heteroatoms. The Labute approximate surface area is 194 Å². The van der Waals surface area contributed by atoms with Crippen molar-refractivity contribution in [3.63, 3.8) is 0 Å². The molecule has 3 aliphatic heterocycles. The Bertz CT molecular complexity index is 942. The van der Waals surface area contributed by atoms with Crippen molar-refractivity contribution >= 4 is 23.5 Å². The predicted octanol–water partition coefficient (Wildman–Crippen LogP) is 4.40. The van der Waals surface area contributed by atoms with Crippen LogP contribution in [0.5, 0.6) is 5.75 Å². The van der Waals surface area contributed by atoms with Gasteiger partial charge >= 0.3 is 0 Å². The Morgan fingerprint density at radius 2 is 1.61 bits per heavy atom. The van der Waals surface area contributed by atoms with Crippen molar-refractivity contribution in [1.29, 1.82) is 0 Å². The fourth-order valence-corrected chi connectivity index (χ4v) is 5.33. The number of aromatic nitrogens is 3. The van der Waals surface area contributed by atoms with Gasteiger partial charge in [-0.2, -0.15) is 15.0 Å². The summed E-state index contributed by atoms with van der Waals surface area (Å²) in [5.41, 5.74) is 0.564. The number of piperidine rings is 3. The summed E-state index contributed by atoms with van der Waals surface area (Å²) < 4.78 is 19.2. The van der Waals surface area contributed by atoms with Gasteiger partial charge in [-0.15, -0.1) is 0 Å². The lowest BCUT2D eigenvalue weighted by Crippen LogP contribution is -2.53. The van der Waals surface area contributed by atoms with Crippen LogP contribution in [0, 0.1) is 11.7 Å². The molecule has 33 heavy (non-hydrogen) atoms. The van der Waals surface area contributed by atoms with Crippen LogP contribution in [0.2, 0.25) is 0 Å². The molecule has 2 aromatic rings. The molecular formula is C24H34FN7O. The summed E-state index contributed by atoms with van der Waals surface area (Å²) in [6, 6.07) is 5.44. The summed E-state index contributed by atoms with van der Waals surface area (Å²) in [4.78, 5) is 16.5. The fourth-order valence-electron chi connectivity index (χ4n) is 5.33. The lowest BCUT2D eigenvalue weighted by molar-refractivity contribution is 0.0972. The van der Waals surface area contributed by atoms with Crippen molar-refractivity contribution in [2.24, 2.45) is 5.92 Å².